The van der Waals surface area contributed by atoms with Gasteiger partial charge >= 0.3 is 0 Å². The number of aromatic nitrogens is 2. The number of aromatic amines is 1. The molecule has 3 aromatic rings. The molecule has 0 saturated carbocycles. The lowest BCUT2D eigenvalue weighted by Gasteiger charge is -2.09. The number of para-hydroxylation sites is 2. The van der Waals surface area contributed by atoms with Crippen LogP contribution in [0.2, 0.25) is 0 Å². The molecule has 0 unspecified atom stereocenters. The number of H-pyrrole nitrogens is 1. The first kappa shape index (κ1) is 21.5. The lowest BCUT2D eigenvalue weighted by Crippen LogP contribution is -2.30. The van der Waals surface area contributed by atoms with Crippen LogP contribution in [0.15, 0.2) is 53.6 Å². The highest BCUT2D eigenvalue weighted by Gasteiger charge is 2.12. The molecule has 1 amide bonds. The van der Waals surface area contributed by atoms with Crippen LogP contribution in [0.25, 0.3) is 17.1 Å². The summed E-state index contributed by atoms with van der Waals surface area (Å²) in [5.74, 6) is 0.892. The van der Waals surface area contributed by atoms with E-state index in [1.807, 2.05) is 30.3 Å². The fourth-order valence-corrected chi connectivity index (χ4v) is 2.74. The predicted octanol–water partition coefficient (Wildman–Crippen LogP) is 2.44. The van der Waals surface area contributed by atoms with Crippen LogP contribution in [0.1, 0.15) is 21.7 Å². The molecule has 3 N–H and O–H groups in total. The molecule has 0 radical (unpaired) electrons. The van der Waals surface area contributed by atoms with Crippen molar-refractivity contribution in [1.29, 1.82) is 5.26 Å². The number of nitrogens with zero attached hydrogens (tertiary/aromatic N) is 3. The summed E-state index contributed by atoms with van der Waals surface area (Å²) in [5.41, 5.74) is 4.97. The van der Waals surface area contributed by atoms with E-state index < -0.39 is 5.91 Å². The van der Waals surface area contributed by atoms with Gasteiger partial charge in [-0.15, -0.1) is 0 Å². The fourth-order valence-electron chi connectivity index (χ4n) is 2.74. The Morgan fingerprint density at radius 1 is 1.29 bits per heavy atom. The van der Waals surface area contributed by atoms with Crippen LogP contribution >= 0.6 is 0 Å². The number of fused-ring (bicyclic) bond motifs is 1. The number of amides is 1. The van der Waals surface area contributed by atoms with Crippen LogP contribution in [0.3, 0.4) is 0 Å². The molecule has 0 aliphatic heterocycles. The molecule has 31 heavy (non-hydrogen) atoms. The van der Waals surface area contributed by atoms with Crippen molar-refractivity contribution < 1.29 is 14.3 Å². The zero-order valence-electron chi connectivity index (χ0n) is 17.2. The van der Waals surface area contributed by atoms with Crippen LogP contribution in [0.5, 0.6) is 5.75 Å². The minimum atomic E-state index is -0.414. The van der Waals surface area contributed by atoms with Gasteiger partial charge in [-0.25, -0.2) is 4.98 Å². The van der Waals surface area contributed by atoms with Crippen LogP contribution in [0, 0.1) is 11.3 Å². The summed E-state index contributed by atoms with van der Waals surface area (Å²) in [6, 6.07) is 14.3. The van der Waals surface area contributed by atoms with E-state index in [-0.39, 0.29) is 11.4 Å². The van der Waals surface area contributed by atoms with Gasteiger partial charge in [-0.1, -0.05) is 12.1 Å². The molecule has 1 heterocycles. The van der Waals surface area contributed by atoms with Crippen molar-refractivity contribution in [1.82, 2.24) is 20.7 Å². The standard InChI is InChI=1S/C22H22N6O3/c1-24-28-21(10-9-20-25-17-5-3-4-6-18(17)26-20)27-22(29)15-7-8-19(16(13-15)14-23)31-12-11-30-2/h3-10,13,24H,11-12H2,1-2H3,(H,25,26)(H,27,28,29)/b10-9+. The molecule has 0 saturated heterocycles. The minimum Gasteiger partial charge on any atom is -0.490 e. The maximum absolute atomic E-state index is 12.7. The molecule has 158 valence electrons. The normalized spacial score (nSPS) is 11.5. The summed E-state index contributed by atoms with van der Waals surface area (Å²) in [5, 5.41) is 16.2. The maximum atomic E-state index is 12.7. The van der Waals surface area contributed by atoms with Crippen molar-refractivity contribution in [3.8, 4) is 11.8 Å². The van der Waals surface area contributed by atoms with Gasteiger partial charge < -0.3 is 25.2 Å². The number of benzene rings is 2. The smallest absolute Gasteiger partial charge is 0.256 e. The third kappa shape index (κ3) is 5.68. The largest absolute Gasteiger partial charge is 0.490 e. The second-order valence-electron chi connectivity index (χ2n) is 6.31. The predicted molar refractivity (Wildman–Crippen MR) is 118 cm³/mol. The molecule has 0 aliphatic carbocycles. The highest BCUT2D eigenvalue weighted by atomic mass is 16.5. The first-order valence-corrected chi connectivity index (χ1v) is 9.49. The van der Waals surface area contributed by atoms with Crippen molar-refractivity contribution in [2.24, 2.45) is 5.10 Å². The third-order valence-corrected chi connectivity index (χ3v) is 4.19. The highest BCUT2D eigenvalue weighted by molar-refractivity contribution is 6.11. The summed E-state index contributed by atoms with van der Waals surface area (Å²) >= 11 is 0. The van der Waals surface area contributed by atoms with E-state index >= 15 is 0 Å². The summed E-state index contributed by atoms with van der Waals surface area (Å²) in [7, 11) is 3.19. The first-order chi connectivity index (χ1) is 15.1. The molecule has 3 rings (SSSR count). The number of carbonyl (C=O) groups is 1. The number of imidazole rings is 1. The van der Waals surface area contributed by atoms with Crippen molar-refractivity contribution in [3.63, 3.8) is 0 Å². The molecule has 1 aromatic heterocycles. The minimum absolute atomic E-state index is 0.258. The molecular formula is C22H22N6O3. The van der Waals surface area contributed by atoms with E-state index in [2.05, 4.69) is 25.8 Å². The number of methoxy groups -OCH3 is 1. The number of ether oxygens (including phenoxy) is 2. The van der Waals surface area contributed by atoms with Crippen molar-refractivity contribution in [3.05, 3.63) is 65.5 Å². The Bertz CT molecular complexity index is 1130. The number of rotatable bonds is 8. The SMILES string of the molecule is CN/N=C(\C=C\c1nc2ccccc2[nH]1)NC(=O)c1ccc(OCCOC)c(C#N)c1. The van der Waals surface area contributed by atoms with E-state index in [1.165, 1.54) is 6.07 Å². The monoisotopic (exact) mass is 418 g/mol. The van der Waals surface area contributed by atoms with E-state index in [9.17, 15) is 10.1 Å². The van der Waals surface area contributed by atoms with E-state index in [1.54, 1.807) is 38.4 Å². The number of hydrogen-bond donors (Lipinski definition) is 3. The van der Waals surface area contributed by atoms with Crippen molar-refractivity contribution in [2.45, 2.75) is 0 Å². The number of hydrazone groups is 1. The van der Waals surface area contributed by atoms with Gasteiger partial charge in [-0.2, -0.15) is 10.4 Å². The maximum Gasteiger partial charge on any atom is 0.256 e. The molecule has 0 aliphatic rings. The average Bonchev–Trinajstić information content (AvgIpc) is 3.21. The third-order valence-electron chi connectivity index (χ3n) is 4.19. The first-order valence-electron chi connectivity index (χ1n) is 9.49. The van der Waals surface area contributed by atoms with E-state index in [0.717, 1.165) is 11.0 Å². The molecule has 9 nitrogen and oxygen atoms in total. The molecular weight excluding hydrogens is 396 g/mol. The Hall–Kier alpha value is -4.16. The Morgan fingerprint density at radius 3 is 2.87 bits per heavy atom. The Balaban J connectivity index is 1.73. The van der Waals surface area contributed by atoms with Crippen molar-refractivity contribution >= 4 is 28.9 Å². The van der Waals surface area contributed by atoms with Gasteiger partial charge in [-0.3, -0.25) is 4.79 Å². The van der Waals surface area contributed by atoms with E-state index in [0.29, 0.717) is 30.4 Å². The summed E-state index contributed by atoms with van der Waals surface area (Å²) in [6.45, 7) is 0.705. The number of hydrogen-bond acceptors (Lipinski definition) is 7. The summed E-state index contributed by atoms with van der Waals surface area (Å²) < 4.78 is 10.4. The Kier molecular flexibility index (Phi) is 7.35. The molecule has 0 atom stereocenters. The van der Waals surface area contributed by atoms with Gasteiger partial charge in [0, 0.05) is 19.7 Å². The summed E-state index contributed by atoms with van der Waals surface area (Å²) in [4.78, 5) is 20.3. The topological polar surface area (TPSA) is 124 Å². The lowest BCUT2D eigenvalue weighted by atomic mass is 10.1. The van der Waals surface area contributed by atoms with Crippen LogP contribution in [0.4, 0.5) is 0 Å². The quantitative estimate of drug-likeness (QED) is 0.223. The molecule has 9 heteroatoms. The molecule has 0 bridgehead atoms. The second-order valence-corrected chi connectivity index (χ2v) is 6.31. The van der Waals surface area contributed by atoms with Gasteiger partial charge in [0.05, 0.1) is 23.2 Å². The Labute approximate surface area is 179 Å². The van der Waals surface area contributed by atoms with Gasteiger partial charge in [0.1, 0.15) is 24.3 Å². The van der Waals surface area contributed by atoms with Crippen molar-refractivity contribution in [2.75, 3.05) is 27.4 Å². The highest BCUT2D eigenvalue weighted by Crippen LogP contribution is 2.19. The number of carbonyl (C=O) groups excluding carboxylic acids is 1. The van der Waals surface area contributed by atoms with E-state index in [4.69, 9.17) is 9.47 Å². The van der Waals surface area contributed by atoms with Gasteiger partial charge in [0.25, 0.3) is 5.91 Å². The summed E-state index contributed by atoms with van der Waals surface area (Å²) in [6.07, 6.45) is 3.34. The molecule has 0 fully saturated rings. The zero-order chi connectivity index (χ0) is 22.1. The fraction of sp³-hybridized carbons (Fsp3) is 0.182. The lowest BCUT2D eigenvalue weighted by molar-refractivity contribution is 0.0977. The number of nitriles is 1. The van der Waals surface area contributed by atoms with Gasteiger partial charge in [0.2, 0.25) is 0 Å². The number of amidine groups is 1. The number of nitrogens with one attached hydrogen (secondary N) is 3. The van der Waals surface area contributed by atoms with Gasteiger partial charge in [0.15, 0.2) is 5.84 Å². The Morgan fingerprint density at radius 2 is 2.13 bits per heavy atom. The molecule has 2 aromatic carbocycles. The average molecular weight is 418 g/mol. The molecule has 0 spiro atoms. The zero-order valence-corrected chi connectivity index (χ0v) is 17.2. The van der Waals surface area contributed by atoms with Crippen LogP contribution in [-0.4, -0.2) is 49.1 Å². The van der Waals surface area contributed by atoms with Gasteiger partial charge in [-0.05, 0) is 42.5 Å². The van der Waals surface area contributed by atoms with Crippen LogP contribution < -0.4 is 15.5 Å². The van der Waals surface area contributed by atoms with Crippen LogP contribution in [-0.2, 0) is 4.74 Å². The second kappa shape index (κ2) is 10.6.